The van der Waals surface area contributed by atoms with Gasteiger partial charge in [-0.2, -0.15) is 0 Å². The summed E-state index contributed by atoms with van der Waals surface area (Å²) in [6, 6.07) is -0.468. The molecule has 1 rings (SSSR count). The Labute approximate surface area is 83.9 Å². The second kappa shape index (κ2) is 4.74. The van der Waals surface area contributed by atoms with Crippen LogP contribution < -0.4 is 5.32 Å². The largest absolute Gasteiger partial charge is 0.342 e. The molecule has 0 bridgehead atoms. The quantitative estimate of drug-likeness (QED) is 0.735. The SMILES string of the molecule is CC(=O)N[C@@H](C(C)=O)C1=CCCC=C1. The summed E-state index contributed by atoms with van der Waals surface area (Å²) in [4.78, 5) is 22.2. The van der Waals surface area contributed by atoms with Crippen LogP contribution in [-0.2, 0) is 9.59 Å². The van der Waals surface area contributed by atoms with Crippen molar-refractivity contribution in [1.82, 2.24) is 5.32 Å². The van der Waals surface area contributed by atoms with Crippen LogP contribution in [0.25, 0.3) is 0 Å². The minimum Gasteiger partial charge on any atom is -0.342 e. The molecule has 0 unspecified atom stereocenters. The standard InChI is InChI=1S/C11H15NO2/c1-8(13)11(12-9(2)14)10-6-4-3-5-7-10/h4,6-7,11H,3,5H2,1-2H3,(H,12,14)/t11-/m0/s1. The van der Waals surface area contributed by atoms with Crippen LogP contribution in [0.3, 0.4) is 0 Å². The van der Waals surface area contributed by atoms with Gasteiger partial charge in [-0.25, -0.2) is 0 Å². The molecule has 1 aliphatic rings. The van der Waals surface area contributed by atoms with Crippen molar-refractivity contribution in [2.75, 3.05) is 0 Å². The topological polar surface area (TPSA) is 46.2 Å². The Morgan fingerprint density at radius 3 is 2.50 bits per heavy atom. The number of carbonyl (C=O) groups excluding carboxylic acids is 2. The van der Waals surface area contributed by atoms with E-state index < -0.39 is 6.04 Å². The van der Waals surface area contributed by atoms with E-state index in [4.69, 9.17) is 0 Å². The van der Waals surface area contributed by atoms with Gasteiger partial charge in [-0.1, -0.05) is 18.2 Å². The molecule has 3 heteroatoms. The predicted molar refractivity (Wildman–Crippen MR) is 54.7 cm³/mol. The summed E-state index contributed by atoms with van der Waals surface area (Å²) in [6.07, 6.45) is 7.88. The highest BCUT2D eigenvalue weighted by atomic mass is 16.2. The van der Waals surface area contributed by atoms with Gasteiger partial charge in [-0.05, 0) is 25.3 Å². The van der Waals surface area contributed by atoms with E-state index in [1.165, 1.54) is 13.8 Å². The van der Waals surface area contributed by atoms with Crippen molar-refractivity contribution >= 4 is 11.7 Å². The highest BCUT2D eigenvalue weighted by Crippen LogP contribution is 2.14. The highest BCUT2D eigenvalue weighted by Gasteiger charge is 2.18. The number of amides is 1. The first-order valence-corrected chi connectivity index (χ1v) is 4.75. The van der Waals surface area contributed by atoms with Crippen LogP contribution in [0, 0.1) is 0 Å². The van der Waals surface area contributed by atoms with Gasteiger partial charge in [-0.15, -0.1) is 0 Å². The van der Waals surface area contributed by atoms with E-state index >= 15 is 0 Å². The second-order valence-corrected chi connectivity index (χ2v) is 3.43. The molecule has 0 heterocycles. The van der Waals surface area contributed by atoms with Crippen LogP contribution >= 0.6 is 0 Å². The molecule has 0 saturated heterocycles. The van der Waals surface area contributed by atoms with Crippen molar-refractivity contribution in [3.8, 4) is 0 Å². The lowest BCUT2D eigenvalue weighted by Gasteiger charge is -2.17. The Kier molecular flexibility index (Phi) is 3.63. The van der Waals surface area contributed by atoms with Gasteiger partial charge in [0.25, 0.3) is 0 Å². The number of ketones is 1. The third-order valence-electron chi connectivity index (χ3n) is 2.11. The fourth-order valence-electron chi connectivity index (χ4n) is 1.47. The molecular weight excluding hydrogens is 178 g/mol. The van der Waals surface area contributed by atoms with Gasteiger partial charge >= 0.3 is 0 Å². The smallest absolute Gasteiger partial charge is 0.217 e. The number of rotatable bonds is 3. The maximum Gasteiger partial charge on any atom is 0.217 e. The Morgan fingerprint density at radius 1 is 1.36 bits per heavy atom. The van der Waals surface area contributed by atoms with E-state index in [1.807, 2.05) is 18.2 Å². The second-order valence-electron chi connectivity index (χ2n) is 3.43. The Morgan fingerprint density at radius 2 is 2.07 bits per heavy atom. The average Bonchev–Trinajstić information content (AvgIpc) is 2.15. The Hall–Kier alpha value is -1.38. The van der Waals surface area contributed by atoms with Gasteiger partial charge < -0.3 is 5.32 Å². The van der Waals surface area contributed by atoms with Crippen molar-refractivity contribution in [3.63, 3.8) is 0 Å². The minimum absolute atomic E-state index is 0.0296. The summed E-state index contributed by atoms with van der Waals surface area (Å²) in [5.74, 6) is -0.205. The van der Waals surface area contributed by atoms with E-state index in [9.17, 15) is 9.59 Å². The normalized spacial score (nSPS) is 17.1. The fraction of sp³-hybridized carbons (Fsp3) is 0.455. The summed E-state index contributed by atoms with van der Waals surface area (Å²) in [6.45, 7) is 2.91. The third-order valence-corrected chi connectivity index (χ3v) is 2.11. The zero-order valence-electron chi connectivity index (χ0n) is 8.54. The lowest BCUT2D eigenvalue weighted by atomic mass is 9.97. The molecule has 14 heavy (non-hydrogen) atoms. The number of hydrogen-bond donors (Lipinski definition) is 1. The lowest BCUT2D eigenvalue weighted by molar-refractivity contribution is -0.124. The fourth-order valence-corrected chi connectivity index (χ4v) is 1.47. The van der Waals surface area contributed by atoms with E-state index in [0.717, 1.165) is 18.4 Å². The number of Topliss-reactive ketones (excluding diaryl/α,β-unsaturated/α-hetero) is 1. The Bertz CT molecular complexity index is 302. The van der Waals surface area contributed by atoms with Crippen molar-refractivity contribution < 1.29 is 9.59 Å². The zero-order chi connectivity index (χ0) is 10.6. The number of carbonyl (C=O) groups is 2. The molecule has 0 radical (unpaired) electrons. The summed E-state index contributed by atoms with van der Waals surface area (Å²) in [5.41, 5.74) is 0.902. The lowest BCUT2D eigenvalue weighted by Crippen LogP contribution is -2.39. The summed E-state index contributed by atoms with van der Waals surface area (Å²) >= 11 is 0. The molecule has 1 aliphatic carbocycles. The number of hydrogen-bond acceptors (Lipinski definition) is 2. The summed E-state index contributed by atoms with van der Waals surface area (Å²) in [5, 5.41) is 2.64. The maximum atomic E-state index is 11.3. The van der Waals surface area contributed by atoms with Crippen molar-refractivity contribution in [3.05, 3.63) is 23.8 Å². The molecule has 0 aliphatic heterocycles. The van der Waals surface area contributed by atoms with Gasteiger partial charge in [-0.3, -0.25) is 9.59 Å². The number of allylic oxidation sites excluding steroid dienone is 2. The highest BCUT2D eigenvalue weighted by molar-refractivity contribution is 5.90. The van der Waals surface area contributed by atoms with Crippen molar-refractivity contribution in [2.45, 2.75) is 32.7 Å². The molecule has 0 aromatic rings. The molecule has 3 nitrogen and oxygen atoms in total. The number of nitrogens with one attached hydrogen (secondary N) is 1. The molecule has 0 spiro atoms. The molecular formula is C11H15NO2. The van der Waals surface area contributed by atoms with E-state index in [1.54, 1.807) is 0 Å². The van der Waals surface area contributed by atoms with Crippen LogP contribution in [-0.4, -0.2) is 17.7 Å². The van der Waals surface area contributed by atoms with E-state index in [0.29, 0.717) is 0 Å². The monoisotopic (exact) mass is 193 g/mol. The first kappa shape index (κ1) is 10.7. The molecule has 0 fully saturated rings. The van der Waals surface area contributed by atoms with Gasteiger partial charge in [0, 0.05) is 6.92 Å². The molecule has 1 atom stereocenters. The average molecular weight is 193 g/mol. The van der Waals surface area contributed by atoms with E-state index in [2.05, 4.69) is 5.32 Å². The van der Waals surface area contributed by atoms with Gasteiger partial charge in [0.15, 0.2) is 5.78 Å². The molecule has 1 N–H and O–H groups in total. The van der Waals surface area contributed by atoms with Crippen LogP contribution in [0.1, 0.15) is 26.7 Å². The van der Waals surface area contributed by atoms with Crippen LogP contribution in [0.2, 0.25) is 0 Å². The van der Waals surface area contributed by atoms with Crippen molar-refractivity contribution in [1.29, 1.82) is 0 Å². The molecule has 0 aromatic carbocycles. The predicted octanol–water partition coefficient (Wildman–Crippen LogP) is 1.36. The van der Waals surface area contributed by atoms with Gasteiger partial charge in [0.05, 0.1) is 0 Å². The van der Waals surface area contributed by atoms with Crippen LogP contribution in [0.15, 0.2) is 23.8 Å². The summed E-state index contributed by atoms with van der Waals surface area (Å²) < 4.78 is 0. The summed E-state index contributed by atoms with van der Waals surface area (Å²) in [7, 11) is 0. The molecule has 76 valence electrons. The third kappa shape index (κ3) is 2.83. The maximum absolute atomic E-state index is 11.3. The van der Waals surface area contributed by atoms with Gasteiger partial charge in [0.2, 0.25) is 5.91 Å². The van der Waals surface area contributed by atoms with E-state index in [-0.39, 0.29) is 11.7 Å². The van der Waals surface area contributed by atoms with Crippen LogP contribution in [0.4, 0.5) is 0 Å². The first-order chi connectivity index (χ1) is 6.61. The van der Waals surface area contributed by atoms with Gasteiger partial charge in [0.1, 0.15) is 6.04 Å². The Balaban J connectivity index is 2.76. The molecule has 1 amide bonds. The zero-order valence-corrected chi connectivity index (χ0v) is 8.54. The molecule has 0 saturated carbocycles. The van der Waals surface area contributed by atoms with Crippen LogP contribution in [0.5, 0.6) is 0 Å². The first-order valence-electron chi connectivity index (χ1n) is 4.75. The molecule has 0 aromatic heterocycles. The minimum atomic E-state index is -0.468. The van der Waals surface area contributed by atoms with Crippen molar-refractivity contribution in [2.24, 2.45) is 0 Å².